The maximum Gasteiger partial charge on any atom is 0.227 e. The van der Waals surface area contributed by atoms with Gasteiger partial charge in [-0.1, -0.05) is 78.4 Å². The Balaban J connectivity index is 1.81. The minimum absolute atomic E-state index is 0.0509. The molecule has 1 atom stereocenters. The summed E-state index contributed by atoms with van der Waals surface area (Å²) in [7, 11) is 1.60. The lowest BCUT2D eigenvalue weighted by molar-refractivity contribution is -0.132. The maximum atomic E-state index is 13.2. The molecule has 3 rings (SSSR count). The van der Waals surface area contributed by atoms with Crippen LogP contribution in [0.3, 0.4) is 0 Å². The summed E-state index contributed by atoms with van der Waals surface area (Å²) >= 11 is 0. The van der Waals surface area contributed by atoms with E-state index in [0.717, 1.165) is 22.3 Å². The monoisotopic (exact) mass is 389 g/mol. The second-order valence-corrected chi connectivity index (χ2v) is 7.18. The zero-order valence-corrected chi connectivity index (χ0v) is 16.9. The van der Waals surface area contributed by atoms with E-state index in [9.17, 15) is 9.90 Å². The molecule has 0 aliphatic carbocycles. The van der Waals surface area contributed by atoms with Crippen molar-refractivity contribution in [2.75, 3.05) is 13.7 Å². The highest BCUT2D eigenvalue weighted by Gasteiger charge is 2.20. The summed E-state index contributed by atoms with van der Waals surface area (Å²) in [5.41, 5.74) is 3.75. The van der Waals surface area contributed by atoms with Crippen LogP contribution in [0.5, 0.6) is 5.75 Å². The fourth-order valence-electron chi connectivity index (χ4n) is 3.37. The lowest BCUT2D eigenvalue weighted by atomic mass is 10.0. The summed E-state index contributed by atoms with van der Waals surface area (Å²) in [4.78, 5) is 14.9. The Kier molecular flexibility index (Phi) is 7.04. The smallest absolute Gasteiger partial charge is 0.227 e. The highest BCUT2D eigenvalue weighted by molar-refractivity contribution is 5.79. The average Bonchev–Trinajstić information content (AvgIpc) is 2.74. The third kappa shape index (κ3) is 5.69. The molecule has 0 fully saturated rings. The predicted octanol–water partition coefficient (Wildman–Crippen LogP) is 4.31. The first kappa shape index (κ1) is 20.6. The van der Waals surface area contributed by atoms with Crippen LogP contribution in [0.1, 0.15) is 28.4 Å². The average molecular weight is 389 g/mol. The van der Waals surface area contributed by atoms with Crippen molar-refractivity contribution in [3.63, 3.8) is 0 Å². The molecule has 0 saturated heterocycles. The first-order valence-corrected chi connectivity index (χ1v) is 9.75. The lowest BCUT2D eigenvalue weighted by Crippen LogP contribution is -2.35. The third-order valence-corrected chi connectivity index (χ3v) is 4.92. The number of carbonyl (C=O) groups excluding carboxylic acids is 1. The number of hydrogen-bond acceptors (Lipinski definition) is 3. The van der Waals surface area contributed by atoms with Gasteiger partial charge in [-0.05, 0) is 24.1 Å². The molecule has 4 heteroatoms. The fraction of sp³-hybridized carbons (Fsp3) is 0.240. The molecule has 1 N–H and O–H groups in total. The number of ether oxygens (including phenoxy) is 1. The van der Waals surface area contributed by atoms with Gasteiger partial charge in [-0.2, -0.15) is 0 Å². The fourth-order valence-corrected chi connectivity index (χ4v) is 3.37. The number of aliphatic hydroxyl groups is 1. The van der Waals surface area contributed by atoms with Gasteiger partial charge in [0.25, 0.3) is 0 Å². The Labute approximate surface area is 172 Å². The topological polar surface area (TPSA) is 49.8 Å². The van der Waals surface area contributed by atoms with Gasteiger partial charge in [-0.3, -0.25) is 4.79 Å². The van der Waals surface area contributed by atoms with Gasteiger partial charge in [0.05, 0.1) is 26.2 Å². The molecule has 29 heavy (non-hydrogen) atoms. The van der Waals surface area contributed by atoms with Gasteiger partial charge >= 0.3 is 0 Å². The summed E-state index contributed by atoms with van der Waals surface area (Å²) in [5.74, 6) is 0.643. The normalized spacial score (nSPS) is 11.7. The second kappa shape index (κ2) is 9.89. The Morgan fingerprint density at radius 2 is 1.72 bits per heavy atom. The van der Waals surface area contributed by atoms with Crippen molar-refractivity contribution in [3.8, 4) is 5.75 Å². The van der Waals surface area contributed by atoms with Crippen LogP contribution in [-0.2, 0) is 17.8 Å². The Morgan fingerprint density at radius 3 is 2.45 bits per heavy atom. The molecule has 0 bridgehead atoms. The standard InChI is InChI=1S/C25H27NO3/c1-19-9-8-13-21(15-19)23(27)18-26(17-20-10-4-3-5-11-20)25(28)16-22-12-6-7-14-24(22)29-2/h3-15,23,27H,16-18H2,1-2H3/t23-/m1/s1. The predicted molar refractivity (Wildman–Crippen MR) is 115 cm³/mol. The highest BCUT2D eigenvalue weighted by atomic mass is 16.5. The first-order valence-electron chi connectivity index (χ1n) is 9.75. The van der Waals surface area contributed by atoms with Crippen molar-refractivity contribution in [2.24, 2.45) is 0 Å². The van der Waals surface area contributed by atoms with Crippen LogP contribution in [0.2, 0.25) is 0 Å². The van der Waals surface area contributed by atoms with Crippen molar-refractivity contribution in [2.45, 2.75) is 26.0 Å². The van der Waals surface area contributed by atoms with Crippen LogP contribution in [0.25, 0.3) is 0 Å². The molecule has 4 nitrogen and oxygen atoms in total. The number of benzene rings is 3. The van der Waals surface area contributed by atoms with E-state index >= 15 is 0 Å². The number of carbonyl (C=O) groups is 1. The van der Waals surface area contributed by atoms with E-state index in [0.29, 0.717) is 12.3 Å². The van der Waals surface area contributed by atoms with Crippen molar-refractivity contribution >= 4 is 5.91 Å². The Morgan fingerprint density at radius 1 is 1.00 bits per heavy atom. The maximum absolute atomic E-state index is 13.2. The zero-order valence-electron chi connectivity index (χ0n) is 16.9. The van der Waals surface area contributed by atoms with Crippen molar-refractivity contribution < 1.29 is 14.6 Å². The van der Waals surface area contributed by atoms with E-state index in [1.54, 1.807) is 12.0 Å². The molecule has 0 heterocycles. The minimum atomic E-state index is -0.750. The Bertz CT molecular complexity index is 940. The minimum Gasteiger partial charge on any atom is -0.496 e. The summed E-state index contributed by atoms with van der Waals surface area (Å²) < 4.78 is 5.39. The largest absolute Gasteiger partial charge is 0.496 e. The van der Waals surface area contributed by atoms with Gasteiger partial charge in [0.15, 0.2) is 0 Å². The van der Waals surface area contributed by atoms with Crippen LogP contribution in [0, 0.1) is 6.92 Å². The van der Waals surface area contributed by atoms with Crippen LogP contribution < -0.4 is 4.74 Å². The van der Waals surface area contributed by atoms with E-state index in [1.807, 2.05) is 85.8 Å². The van der Waals surface area contributed by atoms with Crippen LogP contribution in [0.15, 0.2) is 78.9 Å². The van der Waals surface area contributed by atoms with Crippen molar-refractivity contribution in [3.05, 3.63) is 101 Å². The lowest BCUT2D eigenvalue weighted by Gasteiger charge is -2.26. The molecular formula is C25H27NO3. The molecule has 150 valence electrons. The number of aliphatic hydroxyl groups excluding tert-OH is 1. The van der Waals surface area contributed by atoms with Gasteiger partial charge in [-0.25, -0.2) is 0 Å². The van der Waals surface area contributed by atoms with Crippen molar-refractivity contribution in [1.82, 2.24) is 4.90 Å². The number of hydrogen-bond donors (Lipinski definition) is 1. The number of para-hydroxylation sites is 1. The molecule has 0 aliphatic rings. The quantitative estimate of drug-likeness (QED) is 0.625. The van der Waals surface area contributed by atoms with E-state index in [-0.39, 0.29) is 18.9 Å². The molecule has 0 aliphatic heterocycles. The Hall–Kier alpha value is -3.11. The number of amides is 1. The van der Waals surface area contributed by atoms with Crippen LogP contribution in [-0.4, -0.2) is 29.6 Å². The van der Waals surface area contributed by atoms with Gasteiger partial charge in [0.2, 0.25) is 5.91 Å². The van der Waals surface area contributed by atoms with Gasteiger partial charge < -0.3 is 14.7 Å². The van der Waals surface area contributed by atoms with Crippen molar-refractivity contribution in [1.29, 1.82) is 0 Å². The third-order valence-electron chi connectivity index (χ3n) is 4.92. The van der Waals surface area contributed by atoms with E-state index in [1.165, 1.54) is 0 Å². The van der Waals surface area contributed by atoms with Gasteiger partial charge in [-0.15, -0.1) is 0 Å². The zero-order chi connectivity index (χ0) is 20.6. The highest BCUT2D eigenvalue weighted by Crippen LogP contribution is 2.21. The number of nitrogens with zero attached hydrogens (tertiary/aromatic N) is 1. The van der Waals surface area contributed by atoms with E-state index in [4.69, 9.17) is 4.74 Å². The SMILES string of the molecule is COc1ccccc1CC(=O)N(Cc1ccccc1)C[C@@H](O)c1cccc(C)c1. The number of methoxy groups -OCH3 is 1. The molecule has 0 saturated carbocycles. The molecule has 0 spiro atoms. The summed E-state index contributed by atoms with van der Waals surface area (Å²) in [5, 5.41) is 10.8. The molecule has 3 aromatic carbocycles. The van der Waals surface area contributed by atoms with E-state index in [2.05, 4.69) is 0 Å². The molecule has 3 aromatic rings. The summed E-state index contributed by atoms with van der Waals surface area (Å²) in [6, 6.07) is 25.1. The molecule has 1 amide bonds. The molecule has 0 radical (unpaired) electrons. The first-order chi connectivity index (χ1) is 14.1. The van der Waals surface area contributed by atoms with Gasteiger partial charge in [0.1, 0.15) is 5.75 Å². The van der Waals surface area contributed by atoms with Gasteiger partial charge in [0, 0.05) is 12.1 Å². The van der Waals surface area contributed by atoms with Crippen LogP contribution in [0.4, 0.5) is 0 Å². The van der Waals surface area contributed by atoms with Crippen LogP contribution >= 0.6 is 0 Å². The molecule has 0 unspecified atom stereocenters. The summed E-state index contributed by atoms with van der Waals surface area (Å²) in [6.07, 6.45) is -0.530. The molecule has 0 aromatic heterocycles. The number of aryl methyl sites for hydroxylation is 1. The summed E-state index contributed by atoms with van der Waals surface area (Å²) in [6.45, 7) is 2.66. The number of rotatable bonds is 8. The molecular weight excluding hydrogens is 362 g/mol. The second-order valence-electron chi connectivity index (χ2n) is 7.18. The van der Waals surface area contributed by atoms with E-state index < -0.39 is 6.10 Å².